The molecular formula is C14H19N3O2. The Balaban J connectivity index is 2.08. The first kappa shape index (κ1) is 13.4. The fourth-order valence-electron chi connectivity index (χ4n) is 1.86. The Morgan fingerprint density at radius 2 is 2.11 bits per heavy atom. The Hall–Kier alpha value is -2.01. The van der Waals surface area contributed by atoms with Crippen LogP contribution >= 0.6 is 0 Å². The Bertz CT molecular complexity index is 511. The van der Waals surface area contributed by atoms with Gasteiger partial charge in [0, 0.05) is 32.7 Å². The van der Waals surface area contributed by atoms with Gasteiger partial charge in [-0.05, 0) is 18.6 Å². The molecule has 102 valence electrons. The molecule has 0 bridgehead atoms. The maximum Gasteiger partial charge on any atom is 0.207 e. The summed E-state index contributed by atoms with van der Waals surface area (Å²) in [7, 11) is 3.37. The van der Waals surface area contributed by atoms with Crippen molar-refractivity contribution in [2.45, 2.75) is 13.0 Å². The molecule has 1 aromatic carbocycles. The van der Waals surface area contributed by atoms with Gasteiger partial charge in [0.1, 0.15) is 5.75 Å². The molecular weight excluding hydrogens is 242 g/mol. The number of anilines is 2. The summed E-state index contributed by atoms with van der Waals surface area (Å²) in [5.41, 5.74) is 0.907. The smallest absolute Gasteiger partial charge is 0.207 e. The van der Waals surface area contributed by atoms with Crippen LogP contribution in [-0.4, -0.2) is 30.4 Å². The molecule has 0 aliphatic rings. The molecule has 1 aromatic heterocycles. The van der Waals surface area contributed by atoms with Crippen molar-refractivity contribution in [1.29, 1.82) is 0 Å². The number of aromatic nitrogens is 2. The Morgan fingerprint density at radius 1 is 1.26 bits per heavy atom. The van der Waals surface area contributed by atoms with Gasteiger partial charge < -0.3 is 19.4 Å². The second-order valence-corrected chi connectivity index (χ2v) is 4.12. The third kappa shape index (κ3) is 3.48. The normalized spacial score (nSPS) is 10.4. The van der Waals surface area contributed by atoms with Crippen molar-refractivity contribution in [1.82, 2.24) is 9.55 Å². The van der Waals surface area contributed by atoms with Gasteiger partial charge in [-0.25, -0.2) is 4.98 Å². The molecule has 1 N–H and O–H groups in total. The van der Waals surface area contributed by atoms with Gasteiger partial charge in [0.05, 0.1) is 12.8 Å². The highest BCUT2D eigenvalue weighted by Gasteiger charge is 2.06. The molecule has 0 aliphatic heterocycles. The topological polar surface area (TPSA) is 48.3 Å². The maximum absolute atomic E-state index is 5.31. The number of nitrogens with one attached hydrogen (secondary N) is 1. The zero-order chi connectivity index (χ0) is 13.5. The highest BCUT2D eigenvalue weighted by atomic mass is 16.5. The molecule has 0 unspecified atom stereocenters. The minimum Gasteiger partial charge on any atom is -0.495 e. The molecule has 0 fully saturated rings. The maximum atomic E-state index is 5.31. The van der Waals surface area contributed by atoms with E-state index in [0.29, 0.717) is 0 Å². The number of methoxy groups -OCH3 is 2. The summed E-state index contributed by atoms with van der Waals surface area (Å²) in [6.07, 6.45) is 4.69. The molecule has 19 heavy (non-hydrogen) atoms. The second-order valence-electron chi connectivity index (χ2n) is 4.12. The number of hydrogen-bond donors (Lipinski definition) is 1. The highest BCUT2D eigenvalue weighted by Crippen LogP contribution is 2.26. The fourth-order valence-corrected chi connectivity index (χ4v) is 1.86. The number of benzene rings is 1. The van der Waals surface area contributed by atoms with Crippen molar-refractivity contribution in [3.05, 3.63) is 36.7 Å². The summed E-state index contributed by atoms with van der Waals surface area (Å²) in [5, 5.41) is 3.28. The van der Waals surface area contributed by atoms with E-state index in [2.05, 4.69) is 14.9 Å². The third-order valence-electron chi connectivity index (χ3n) is 2.82. The van der Waals surface area contributed by atoms with Crippen molar-refractivity contribution in [2.24, 2.45) is 0 Å². The van der Waals surface area contributed by atoms with E-state index in [1.165, 1.54) is 0 Å². The van der Waals surface area contributed by atoms with Crippen molar-refractivity contribution in [3.63, 3.8) is 0 Å². The lowest BCUT2D eigenvalue weighted by molar-refractivity contribution is 0.190. The van der Waals surface area contributed by atoms with E-state index in [9.17, 15) is 0 Å². The van der Waals surface area contributed by atoms with Crippen LogP contribution in [0.15, 0.2) is 36.7 Å². The van der Waals surface area contributed by atoms with Gasteiger partial charge in [-0.3, -0.25) is 0 Å². The largest absolute Gasteiger partial charge is 0.495 e. The van der Waals surface area contributed by atoms with E-state index in [4.69, 9.17) is 9.47 Å². The molecule has 1 heterocycles. The van der Waals surface area contributed by atoms with Gasteiger partial charge in [0.15, 0.2) is 0 Å². The van der Waals surface area contributed by atoms with Crippen LogP contribution in [0.5, 0.6) is 5.75 Å². The number of ether oxygens (including phenoxy) is 2. The molecule has 5 nitrogen and oxygen atoms in total. The van der Waals surface area contributed by atoms with Crippen LogP contribution < -0.4 is 10.1 Å². The molecule has 2 aromatic rings. The first-order valence-electron chi connectivity index (χ1n) is 6.25. The van der Waals surface area contributed by atoms with E-state index in [-0.39, 0.29) is 0 Å². The van der Waals surface area contributed by atoms with Gasteiger partial charge in [-0.1, -0.05) is 12.1 Å². The van der Waals surface area contributed by atoms with Gasteiger partial charge in [0.2, 0.25) is 5.95 Å². The number of hydrogen-bond acceptors (Lipinski definition) is 4. The van der Waals surface area contributed by atoms with Crippen LogP contribution in [0.3, 0.4) is 0 Å². The summed E-state index contributed by atoms with van der Waals surface area (Å²) < 4.78 is 12.4. The lowest BCUT2D eigenvalue weighted by Gasteiger charge is -2.12. The van der Waals surface area contributed by atoms with Crippen molar-refractivity contribution < 1.29 is 9.47 Å². The lowest BCUT2D eigenvalue weighted by Crippen LogP contribution is -2.05. The third-order valence-corrected chi connectivity index (χ3v) is 2.82. The van der Waals surface area contributed by atoms with Crippen LogP contribution in [0.2, 0.25) is 0 Å². The van der Waals surface area contributed by atoms with Crippen LogP contribution in [0.25, 0.3) is 0 Å². The number of para-hydroxylation sites is 2. The quantitative estimate of drug-likeness (QED) is 0.778. The first-order valence-corrected chi connectivity index (χ1v) is 6.25. The van der Waals surface area contributed by atoms with Gasteiger partial charge in [0.25, 0.3) is 0 Å². The van der Waals surface area contributed by atoms with Gasteiger partial charge in [-0.15, -0.1) is 0 Å². The highest BCUT2D eigenvalue weighted by molar-refractivity contribution is 5.62. The van der Waals surface area contributed by atoms with Crippen molar-refractivity contribution >= 4 is 11.6 Å². The lowest BCUT2D eigenvalue weighted by atomic mass is 10.3. The van der Waals surface area contributed by atoms with E-state index < -0.39 is 0 Å². The van der Waals surface area contributed by atoms with Crippen LogP contribution in [0.4, 0.5) is 11.6 Å². The first-order chi connectivity index (χ1) is 9.35. The van der Waals surface area contributed by atoms with Crippen LogP contribution in [-0.2, 0) is 11.3 Å². The predicted octanol–water partition coefficient (Wildman–Crippen LogP) is 2.67. The second kappa shape index (κ2) is 6.80. The molecule has 5 heteroatoms. The molecule has 2 rings (SSSR count). The molecule has 0 radical (unpaired) electrons. The van der Waals surface area contributed by atoms with Crippen LogP contribution in [0, 0.1) is 0 Å². The van der Waals surface area contributed by atoms with E-state index in [1.54, 1.807) is 20.4 Å². The summed E-state index contributed by atoms with van der Waals surface area (Å²) >= 11 is 0. The standard InChI is InChI=1S/C14H19N3O2/c1-18-11-5-9-17-10-8-15-14(17)16-12-6-3-4-7-13(12)19-2/h3-4,6-8,10H,5,9,11H2,1-2H3,(H,15,16). The summed E-state index contributed by atoms with van der Waals surface area (Å²) in [6.45, 7) is 1.61. The Morgan fingerprint density at radius 3 is 2.89 bits per heavy atom. The number of aryl methyl sites for hydroxylation is 1. The molecule has 0 amide bonds. The van der Waals surface area contributed by atoms with E-state index >= 15 is 0 Å². The minimum absolute atomic E-state index is 0.742. The summed E-state index contributed by atoms with van der Waals surface area (Å²) in [6, 6.07) is 7.78. The van der Waals surface area contributed by atoms with Crippen LogP contribution in [0.1, 0.15) is 6.42 Å². The average Bonchev–Trinajstić information content (AvgIpc) is 2.87. The SMILES string of the molecule is COCCCn1ccnc1Nc1ccccc1OC. The molecule has 0 saturated carbocycles. The van der Waals surface area contributed by atoms with Crippen molar-refractivity contribution in [2.75, 3.05) is 26.1 Å². The fraction of sp³-hybridized carbons (Fsp3) is 0.357. The zero-order valence-electron chi connectivity index (χ0n) is 11.3. The zero-order valence-corrected chi connectivity index (χ0v) is 11.3. The van der Waals surface area contributed by atoms with E-state index in [0.717, 1.165) is 37.0 Å². The number of imidazole rings is 1. The number of rotatable bonds is 7. The Kier molecular flexibility index (Phi) is 4.80. The monoisotopic (exact) mass is 261 g/mol. The summed E-state index contributed by atoms with van der Waals surface area (Å²) in [5.74, 6) is 1.61. The molecule has 0 aliphatic carbocycles. The minimum atomic E-state index is 0.742. The summed E-state index contributed by atoms with van der Waals surface area (Å²) in [4.78, 5) is 4.32. The van der Waals surface area contributed by atoms with Gasteiger partial charge in [-0.2, -0.15) is 0 Å². The Labute approximate surface area is 113 Å². The molecule has 0 saturated heterocycles. The molecule has 0 spiro atoms. The predicted molar refractivity (Wildman–Crippen MR) is 75.0 cm³/mol. The van der Waals surface area contributed by atoms with Crippen molar-refractivity contribution in [3.8, 4) is 5.75 Å². The van der Waals surface area contributed by atoms with E-state index in [1.807, 2.05) is 30.5 Å². The average molecular weight is 261 g/mol. The molecule has 0 atom stereocenters. The number of nitrogens with zero attached hydrogens (tertiary/aromatic N) is 2. The van der Waals surface area contributed by atoms with Gasteiger partial charge >= 0.3 is 0 Å².